The third-order valence-electron chi connectivity index (χ3n) is 10.2. The molecule has 15 nitrogen and oxygen atoms in total. The normalized spacial score (nSPS) is 11.1. The largest absolute Gasteiger partial charge is 0.496 e. The number of fused-ring (bicyclic) bond motifs is 1. The van der Waals surface area contributed by atoms with E-state index < -0.39 is 32.0 Å². The van der Waals surface area contributed by atoms with Crippen molar-refractivity contribution in [2.45, 2.75) is 30.6 Å². The van der Waals surface area contributed by atoms with Crippen LogP contribution in [0.1, 0.15) is 37.4 Å². The van der Waals surface area contributed by atoms with Gasteiger partial charge in [-0.15, -0.1) is 0 Å². The number of aryl methyl sites for hydroxylation is 1. The SMILES string of the molecule is COc1cc(C)c(S(=O)(=O)Nc2ccc(OCCOc3ccccc3C(=O)O)cc2)c(C)c1C.O=C(O)c1ccccc1OCCOc1ccc(NS(=O)(=O)c2ccc3ccccc3c2)cc1. The van der Waals surface area contributed by atoms with Crippen LogP contribution in [0.2, 0.25) is 0 Å². The van der Waals surface area contributed by atoms with Crippen LogP contribution < -0.4 is 33.1 Å². The lowest BCUT2D eigenvalue weighted by molar-refractivity contribution is 0.0680. The molecule has 7 rings (SSSR count). The molecule has 0 amide bonds. The standard InChI is InChI=1S/C25H27NO7S.C25H21NO6S/c1-16-15-23(31-4)17(2)18(3)24(16)34(29,30)26-19-9-11-20(12-10-19)32-13-14-33-22-8-6-5-7-21(22)25(27)28;27-25(28)23-7-3-4-8-24(23)32-16-15-31-21-12-10-20(11-13-21)26-33(29,30)22-14-9-18-5-1-2-6-19(18)17-22/h5-12,15,26H,13-14H2,1-4H3,(H,27,28);1-14,17,26H,15-16H2,(H,27,28). The van der Waals surface area contributed by atoms with Crippen molar-refractivity contribution in [3.05, 3.63) is 173 Å². The second kappa shape index (κ2) is 21.9. The molecule has 0 bridgehead atoms. The van der Waals surface area contributed by atoms with E-state index in [0.717, 1.165) is 16.3 Å². The molecule has 0 aromatic heterocycles. The van der Waals surface area contributed by atoms with E-state index in [9.17, 15) is 31.5 Å². The predicted octanol–water partition coefficient (Wildman–Crippen LogP) is 9.37. The van der Waals surface area contributed by atoms with Gasteiger partial charge in [-0.2, -0.15) is 0 Å². The summed E-state index contributed by atoms with van der Waals surface area (Å²) in [7, 11) is -6.00. The van der Waals surface area contributed by atoms with Crippen LogP contribution in [0.5, 0.6) is 28.7 Å². The van der Waals surface area contributed by atoms with Gasteiger partial charge in [0, 0.05) is 11.4 Å². The van der Waals surface area contributed by atoms with Crippen molar-refractivity contribution >= 4 is 54.1 Å². The lowest BCUT2D eigenvalue weighted by Crippen LogP contribution is -2.16. The maximum Gasteiger partial charge on any atom is 0.339 e. The number of rotatable bonds is 19. The van der Waals surface area contributed by atoms with Gasteiger partial charge in [0.05, 0.1) is 16.9 Å². The summed E-state index contributed by atoms with van der Waals surface area (Å²) < 4.78 is 84.3. The first-order valence-electron chi connectivity index (χ1n) is 20.6. The van der Waals surface area contributed by atoms with Gasteiger partial charge in [0.2, 0.25) is 0 Å². The van der Waals surface area contributed by atoms with Gasteiger partial charge in [0.15, 0.2) is 0 Å². The fourth-order valence-corrected chi connectivity index (χ4v) is 9.48. The van der Waals surface area contributed by atoms with Crippen LogP contribution in [0, 0.1) is 20.8 Å². The smallest absolute Gasteiger partial charge is 0.339 e. The van der Waals surface area contributed by atoms with Crippen molar-refractivity contribution in [2.24, 2.45) is 0 Å². The summed E-state index contributed by atoms with van der Waals surface area (Å²) in [5, 5.41) is 20.2. The molecule has 4 N–H and O–H groups in total. The van der Waals surface area contributed by atoms with E-state index in [1.54, 1.807) is 130 Å². The zero-order valence-corrected chi connectivity index (χ0v) is 38.5. The number of hydrogen-bond acceptors (Lipinski definition) is 11. The number of aromatic carboxylic acids is 2. The zero-order valence-electron chi connectivity index (χ0n) is 36.9. The minimum atomic E-state index is -3.81. The molecular weight excluding hydrogens is 901 g/mol. The number of carbonyl (C=O) groups is 2. The number of nitrogens with one attached hydrogen (secondary N) is 2. The fraction of sp³-hybridized carbons (Fsp3) is 0.160. The number of anilines is 2. The Bertz CT molecular complexity index is 3090. The van der Waals surface area contributed by atoms with Crippen molar-refractivity contribution < 1.29 is 60.3 Å². The highest BCUT2D eigenvalue weighted by molar-refractivity contribution is 7.93. The maximum absolute atomic E-state index is 13.1. The predicted molar refractivity (Wildman–Crippen MR) is 254 cm³/mol. The number of sulfonamides is 2. The van der Waals surface area contributed by atoms with Crippen molar-refractivity contribution in [3.8, 4) is 28.7 Å². The van der Waals surface area contributed by atoms with E-state index in [-0.39, 0.29) is 58.8 Å². The number of carboxylic acids is 2. The van der Waals surface area contributed by atoms with E-state index in [2.05, 4.69) is 9.44 Å². The van der Waals surface area contributed by atoms with Crippen LogP contribution in [0.15, 0.2) is 155 Å². The second-order valence-corrected chi connectivity index (χ2v) is 18.0. The Morgan fingerprint density at radius 2 is 0.940 bits per heavy atom. The van der Waals surface area contributed by atoms with Crippen LogP contribution in [-0.4, -0.2) is 72.5 Å². The summed E-state index contributed by atoms with van der Waals surface area (Å²) in [6, 6.07) is 40.0. The van der Waals surface area contributed by atoms with Gasteiger partial charge in [-0.3, -0.25) is 9.44 Å². The van der Waals surface area contributed by atoms with Gasteiger partial charge in [0.25, 0.3) is 20.0 Å². The topological polar surface area (TPSA) is 213 Å². The van der Waals surface area contributed by atoms with Crippen molar-refractivity contribution in [1.82, 2.24) is 0 Å². The molecule has 0 radical (unpaired) electrons. The van der Waals surface area contributed by atoms with Gasteiger partial charge < -0.3 is 33.9 Å². The molecule has 67 heavy (non-hydrogen) atoms. The minimum absolute atomic E-state index is 0.0802. The molecule has 7 aromatic carbocycles. The third kappa shape index (κ3) is 12.7. The molecule has 17 heteroatoms. The Hall–Kier alpha value is -7.76. The second-order valence-electron chi connectivity index (χ2n) is 14.7. The van der Waals surface area contributed by atoms with Gasteiger partial charge in [-0.1, -0.05) is 54.6 Å². The summed E-state index contributed by atoms with van der Waals surface area (Å²) in [4.78, 5) is 22.8. The molecular formula is C50H48N2O13S2. The van der Waals surface area contributed by atoms with E-state index in [0.29, 0.717) is 39.8 Å². The molecule has 348 valence electrons. The van der Waals surface area contributed by atoms with Gasteiger partial charge >= 0.3 is 11.9 Å². The molecule has 0 aliphatic carbocycles. The van der Waals surface area contributed by atoms with E-state index in [1.165, 1.54) is 12.1 Å². The van der Waals surface area contributed by atoms with Crippen LogP contribution in [0.4, 0.5) is 11.4 Å². The summed E-state index contributed by atoms with van der Waals surface area (Å²) in [5.41, 5.74) is 2.96. The monoisotopic (exact) mass is 948 g/mol. The Morgan fingerprint density at radius 1 is 0.493 bits per heavy atom. The summed E-state index contributed by atoms with van der Waals surface area (Å²) in [6.07, 6.45) is 0. The summed E-state index contributed by atoms with van der Waals surface area (Å²) in [5.74, 6) is 0.100. The third-order valence-corrected chi connectivity index (χ3v) is 13.2. The van der Waals surface area contributed by atoms with Gasteiger partial charge in [0.1, 0.15) is 66.3 Å². The first-order chi connectivity index (χ1) is 32.1. The number of ether oxygens (including phenoxy) is 5. The molecule has 0 spiro atoms. The zero-order chi connectivity index (χ0) is 48.1. The Morgan fingerprint density at radius 3 is 1.43 bits per heavy atom. The molecule has 0 fully saturated rings. The lowest BCUT2D eigenvalue weighted by Gasteiger charge is -2.17. The first kappa shape index (κ1) is 48.7. The molecule has 0 heterocycles. The van der Waals surface area contributed by atoms with Crippen LogP contribution in [0.25, 0.3) is 10.8 Å². The highest BCUT2D eigenvalue weighted by atomic mass is 32.2. The molecule has 0 saturated carbocycles. The van der Waals surface area contributed by atoms with Gasteiger partial charge in [-0.25, -0.2) is 26.4 Å². The number of benzene rings is 7. The van der Waals surface area contributed by atoms with E-state index in [4.69, 9.17) is 28.8 Å². The summed E-state index contributed by atoms with van der Waals surface area (Å²) in [6.45, 7) is 5.99. The first-order valence-corrected chi connectivity index (χ1v) is 23.6. The molecule has 0 aliphatic rings. The molecule has 0 saturated heterocycles. The van der Waals surface area contributed by atoms with Crippen molar-refractivity contribution in [1.29, 1.82) is 0 Å². The minimum Gasteiger partial charge on any atom is -0.496 e. The Labute approximate surface area is 388 Å². The number of para-hydroxylation sites is 2. The number of methoxy groups -OCH3 is 1. The summed E-state index contributed by atoms with van der Waals surface area (Å²) >= 11 is 0. The highest BCUT2D eigenvalue weighted by Crippen LogP contribution is 2.32. The molecule has 0 atom stereocenters. The number of hydrogen-bond donors (Lipinski definition) is 4. The number of carboxylic acid groups (broad SMARTS) is 2. The Kier molecular flexibility index (Phi) is 16.0. The average molecular weight is 949 g/mol. The van der Waals surface area contributed by atoms with Crippen LogP contribution in [0.3, 0.4) is 0 Å². The highest BCUT2D eigenvalue weighted by Gasteiger charge is 2.23. The van der Waals surface area contributed by atoms with Crippen LogP contribution in [-0.2, 0) is 20.0 Å². The molecule has 0 aliphatic heterocycles. The van der Waals surface area contributed by atoms with Gasteiger partial charge in [-0.05, 0) is 139 Å². The lowest BCUT2D eigenvalue weighted by atomic mass is 10.1. The maximum atomic E-state index is 13.1. The molecule has 0 unspecified atom stereocenters. The average Bonchev–Trinajstić information content (AvgIpc) is 3.31. The van der Waals surface area contributed by atoms with Crippen molar-refractivity contribution in [2.75, 3.05) is 43.0 Å². The quantitative estimate of drug-likeness (QED) is 0.0557. The van der Waals surface area contributed by atoms with E-state index in [1.807, 2.05) is 31.2 Å². The van der Waals surface area contributed by atoms with E-state index >= 15 is 0 Å². The van der Waals surface area contributed by atoms with Crippen molar-refractivity contribution in [3.63, 3.8) is 0 Å². The fourth-order valence-electron chi connectivity index (χ4n) is 6.80. The Balaban J connectivity index is 0.000000221. The van der Waals surface area contributed by atoms with Crippen LogP contribution >= 0.6 is 0 Å². The molecule has 7 aromatic rings.